The van der Waals surface area contributed by atoms with Gasteiger partial charge in [-0.05, 0) is 18.2 Å². The van der Waals surface area contributed by atoms with Crippen molar-refractivity contribution in [3.8, 4) is 0 Å². The molecule has 0 saturated carbocycles. The molecular formula is C17H17N3O5S. The summed E-state index contributed by atoms with van der Waals surface area (Å²) in [6.07, 6.45) is 0.413. The highest BCUT2D eigenvalue weighted by Crippen LogP contribution is 2.31. The Morgan fingerprint density at radius 2 is 1.96 bits per heavy atom. The fourth-order valence-electron chi connectivity index (χ4n) is 2.49. The molecule has 1 aromatic heterocycles. The van der Waals surface area contributed by atoms with Gasteiger partial charge in [0.05, 0.1) is 16.9 Å². The largest absolute Gasteiger partial charge is 0.456 e. The van der Waals surface area contributed by atoms with E-state index < -0.39 is 17.2 Å². The summed E-state index contributed by atoms with van der Waals surface area (Å²) in [5, 5.41) is 2.76. The average Bonchev–Trinajstić information content (AvgIpc) is 2.81. The van der Waals surface area contributed by atoms with Crippen molar-refractivity contribution >= 4 is 29.3 Å². The van der Waals surface area contributed by atoms with E-state index in [4.69, 9.17) is 4.74 Å². The fourth-order valence-corrected chi connectivity index (χ4v) is 3.42. The predicted octanol–water partition coefficient (Wildman–Crippen LogP) is 0.875. The van der Waals surface area contributed by atoms with E-state index in [2.05, 4.69) is 5.32 Å². The van der Waals surface area contributed by atoms with Crippen LogP contribution in [-0.4, -0.2) is 26.8 Å². The number of esters is 1. The van der Waals surface area contributed by atoms with Crippen molar-refractivity contribution in [3.05, 3.63) is 56.4 Å². The third-order valence-electron chi connectivity index (χ3n) is 4.05. The van der Waals surface area contributed by atoms with Gasteiger partial charge < -0.3 is 10.1 Å². The molecule has 26 heavy (non-hydrogen) atoms. The highest BCUT2D eigenvalue weighted by atomic mass is 32.2. The number of anilines is 1. The van der Waals surface area contributed by atoms with E-state index in [1.165, 1.54) is 36.5 Å². The summed E-state index contributed by atoms with van der Waals surface area (Å²) in [5.74, 6) is -0.0269. The second-order valence-corrected chi connectivity index (χ2v) is 6.94. The second-order valence-electron chi connectivity index (χ2n) is 5.81. The number of fused-ring (bicyclic) bond motifs is 1. The summed E-state index contributed by atoms with van der Waals surface area (Å²) >= 11 is 1.54. The summed E-state index contributed by atoms with van der Waals surface area (Å²) in [6, 6.07) is 6.20. The second kappa shape index (κ2) is 7.20. The number of rotatable bonds is 3. The van der Waals surface area contributed by atoms with Gasteiger partial charge in [-0.1, -0.05) is 0 Å². The number of hydrogen-bond donors (Lipinski definition) is 1. The van der Waals surface area contributed by atoms with E-state index in [9.17, 15) is 19.2 Å². The molecule has 8 nitrogen and oxygen atoms in total. The van der Waals surface area contributed by atoms with Gasteiger partial charge in [-0.3, -0.25) is 18.7 Å². The van der Waals surface area contributed by atoms with Crippen molar-refractivity contribution < 1.29 is 14.3 Å². The van der Waals surface area contributed by atoms with E-state index in [1.54, 1.807) is 18.2 Å². The molecular weight excluding hydrogens is 358 g/mol. The summed E-state index contributed by atoms with van der Waals surface area (Å²) in [5.41, 5.74) is 0.190. The highest BCUT2D eigenvalue weighted by Gasteiger charge is 2.17. The Morgan fingerprint density at radius 1 is 1.19 bits per heavy atom. The fraction of sp³-hybridized carbons (Fsp3) is 0.294. The zero-order chi connectivity index (χ0) is 18.8. The maximum atomic E-state index is 12.3. The molecule has 0 unspecified atom stereocenters. The topological polar surface area (TPSA) is 99.4 Å². The Kier molecular flexibility index (Phi) is 4.99. The molecule has 1 aliphatic rings. The lowest BCUT2D eigenvalue weighted by molar-refractivity contribution is -0.115. The van der Waals surface area contributed by atoms with E-state index in [0.29, 0.717) is 23.6 Å². The zero-order valence-electron chi connectivity index (χ0n) is 14.3. The van der Waals surface area contributed by atoms with Crippen LogP contribution in [0.2, 0.25) is 0 Å². The van der Waals surface area contributed by atoms with E-state index in [0.717, 1.165) is 9.46 Å². The molecule has 0 radical (unpaired) electrons. The normalized spacial score (nSPS) is 13.5. The van der Waals surface area contributed by atoms with Crippen molar-refractivity contribution in [1.82, 2.24) is 9.13 Å². The molecule has 9 heteroatoms. The monoisotopic (exact) mass is 375 g/mol. The first-order valence-corrected chi connectivity index (χ1v) is 8.85. The van der Waals surface area contributed by atoms with Crippen LogP contribution < -0.4 is 16.6 Å². The maximum Gasteiger partial charge on any atom is 0.338 e. The van der Waals surface area contributed by atoms with Gasteiger partial charge in [0.25, 0.3) is 5.56 Å². The number of aromatic nitrogens is 2. The molecule has 0 fully saturated rings. The SMILES string of the molecule is Cn1c(COC(=O)c2ccc3c(c2)NC(=O)CCS3)cc(=O)n(C)c1=O. The van der Waals surface area contributed by atoms with Crippen LogP contribution in [0.3, 0.4) is 0 Å². The molecule has 1 aliphatic heterocycles. The number of nitrogens with zero attached hydrogens (tertiary/aromatic N) is 2. The lowest BCUT2D eigenvalue weighted by atomic mass is 10.2. The molecule has 3 rings (SSSR count). The number of ether oxygens (including phenoxy) is 1. The molecule has 2 heterocycles. The first-order chi connectivity index (χ1) is 12.4. The Hall–Kier alpha value is -2.81. The first-order valence-electron chi connectivity index (χ1n) is 7.86. The molecule has 1 aromatic carbocycles. The summed E-state index contributed by atoms with van der Waals surface area (Å²) in [7, 11) is 2.88. The van der Waals surface area contributed by atoms with E-state index in [1.807, 2.05) is 0 Å². The molecule has 0 atom stereocenters. The Morgan fingerprint density at radius 3 is 2.73 bits per heavy atom. The van der Waals surface area contributed by atoms with Crippen LogP contribution in [0, 0.1) is 0 Å². The number of carbonyl (C=O) groups is 2. The molecule has 0 saturated heterocycles. The molecule has 0 bridgehead atoms. The number of thioether (sulfide) groups is 1. The molecule has 136 valence electrons. The zero-order valence-corrected chi connectivity index (χ0v) is 15.1. The van der Waals surface area contributed by atoms with Crippen molar-refractivity contribution in [2.24, 2.45) is 14.1 Å². The van der Waals surface area contributed by atoms with Crippen LogP contribution in [0.5, 0.6) is 0 Å². The van der Waals surface area contributed by atoms with Gasteiger partial charge in [-0.2, -0.15) is 0 Å². The van der Waals surface area contributed by atoms with Crippen molar-refractivity contribution in [1.29, 1.82) is 0 Å². The van der Waals surface area contributed by atoms with Gasteiger partial charge in [0.2, 0.25) is 5.91 Å². The highest BCUT2D eigenvalue weighted by molar-refractivity contribution is 7.99. The average molecular weight is 375 g/mol. The minimum absolute atomic E-state index is 0.100. The Bertz CT molecular complexity index is 1010. The number of hydrogen-bond acceptors (Lipinski definition) is 6. The van der Waals surface area contributed by atoms with Crippen LogP contribution >= 0.6 is 11.8 Å². The smallest absolute Gasteiger partial charge is 0.338 e. The molecule has 0 spiro atoms. The lowest BCUT2D eigenvalue weighted by Gasteiger charge is -2.11. The van der Waals surface area contributed by atoms with Crippen LogP contribution in [0.4, 0.5) is 5.69 Å². The summed E-state index contributed by atoms with van der Waals surface area (Å²) in [4.78, 5) is 48.5. The van der Waals surface area contributed by atoms with E-state index >= 15 is 0 Å². The van der Waals surface area contributed by atoms with Crippen LogP contribution in [0.25, 0.3) is 0 Å². The Balaban J connectivity index is 1.78. The maximum absolute atomic E-state index is 12.3. The van der Waals surface area contributed by atoms with Crippen LogP contribution in [0.1, 0.15) is 22.5 Å². The van der Waals surface area contributed by atoms with Crippen molar-refractivity contribution in [2.45, 2.75) is 17.9 Å². The predicted molar refractivity (Wildman–Crippen MR) is 96.5 cm³/mol. The van der Waals surface area contributed by atoms with Gasteiger partial charge in [0, 0.05) is 37.2 Å². The van der Waals surface area contributed by atoms with Gasteiger partial charge >= 0.3 is 11.7 Å². The lowest BCUT2D eigenvalue weighted by Crippen LogP contribution is -2.38. The van der Waals surface area contributed by atoms with Gasteiger partial charge in [-0.25, -0.2) is 9.59 Å². The van der Waals surface area contributed by atoms with Crippen LogP contribution in [0.15, 0.2) is 38.8 Å². The number of benzene rings is 1. The standard InChI is InChI=1S/C17H17N3O5S/c1-19-11(8-15(22)20(2)17(19)24)9-25-16(23)10-3-4-13-12(7-10)18-14(21)5-6-26-13/h3-4,7-8H,5-6,9H2,1-2H3,(H,18,21). The quantitative estimate of drug-likeness (QED) is 0.800. The Labute approximate surface area is 152 Å². The summed E-state index contributed by atoms with van der Waals surface area (Å²) in [6.45, 7) is -0.209. The third-order valence-corrected chi connectivity index (χ3v) is 5.13. The minimum atomic E-state index is -0.607. The number of nitrogens with one attached hydrogen (secondary N) is 1. The molecule has 2 aromatic rings. The minimum Gasteiger partial charge on any atom is -0.456 e. The van der Waals surface area contributed by atoms with Crippen molar-refractivity contribution in [2.75, 3.05) is 11.1 Å². The number of carbonyl (C=O) groups excluding carboxylic acids is 2. The summed E-state index contributed by atoms with van der Waals surface area (Å²) < 4.78 is 7.45. The van der Waals surface area contributed by atoms with Gasteiger partial charge in [0.15, 0.2) is 0 Å². The van der Waals surface area contributed by atoms with Gasteiger partial charge in [-0.15, -0.1) is 11.8 Å². The molecule has 1 amide bonds. The molecule has 1 N–H and O–H groups in total. The third kappa shape index (κ3) is 3.57. The van der Waals surface area contributed by atoms with Gasteiger partial charge in [0.1, 0.15) is 6.61 Å². The van der Waals surface area contributed by atoms with Crippen LogP contribution in [-0.2, 0) is 30.2 Å². The first kappa shape index (κ1) is 18.0. The van der Waals surface area contributed by atoms with Crippen molar-refractivity contribution in [3.63, 3.8) is 0 Å². The number of amides is 1. The van der Waals surface area contributed by atoms with E-state index in [-0.39, 0.29) is 18.1 Å². The molecule has 0 aliphatic carbocycles.